The van der Waals surface area contributed by atoms with Crippen molar-refractivity contribution >= 4 is 17.6 Å². The average Bonchev–Trinajstić information content (AvgIpc) is 3.07. The van der Waals surface area contributed by atoms with Crippen LogP contribution in [0.2, 0.25) is 5.02 Å². The number of nitrogens with zero attached hydrogens (tertiary/aromatic N) is 1. The van der Waals surface area contributed by atoms with Crippen molar-refractivity contribution < 1.29 is 14.1 Å². The first-order valence-electron chi connectivity index (χ1n) is 8.03. The van der Waals surface area contributed by atoms with E-state index in [1.165, 1.54) is 0 Å². The van der Waals surface area contributed by atoms with Crippen LogP contribution < -0.4 is 0 Å². The Balaban J connectivity index is 1.70. The van der Waals surface area contributed by atoms with Gasteiger partial charge in [0, 0.05) is 22.1 Å². The maximum atomic E-state index is 12.1. The van der Waals surface area contributed by atoms with E-state index in [4.69, 9.17) is 20.9 Å². The maximum absolute atomic E-state index is 12.1. The average molecular weight is 332 g/mol. The Hall–Kier alpha value is -1.81. The van der Waals surface area contributed by atoms with E-state index in [1.807, 2.05) is 31.2 Å². The molecule has 2 aliphatic rings. The van der Waals surface area contributed by atoms with Crippen molar-refractivity contribution in [2.45, 2.75) is 32.1 Å². The maximum Gasteiger partial charge on any atom is 0.309 e. The van der Waals surface area contributed by atoms with Gasteiger partial charge in [0.1, 0.15) is 11.5 Å². The molecule has 1 fully saturated rings. The van der Waals surface area contributed by atoms with Gasteiger partial charge in [0.25, 0.3) is 0 Å². The fourth-order valence-corrected chi connectivity index (χ4v) is 4.08. The van der Waals surface area contributed by atoms with Crippen molar-refractivity contribution in [2.24, 2.45) is 11.8 Å². The number of carbonyl (C=O) groups excluding carboxylic acids is 1. The summed E-state index contributed by atoms with van der Waals surface area (Å²) >= 11 is 5.96. The Kier molecular flexibility index (Phi) is 3.45. The molecule has 23 heavy (non-hydrogen) atoms. The zero-order valence-corrected chi connectivity index (χ0v) is 13.8. The largest absolute Gasteiger partial charge is 0.466 e. The molecule has 0 aliphatic heterocycles. The molecule has 4 atom stereocenters. The number of aromatic nitrogens is 1. The van der Waals surface area contributed by atoms with E-state index in [0.717, 1.165) is 29.0 Å². The lowest BCUT2D eigenvalue weighted by Crippen LogP contribution is -2.08. The van der Waals surface area contributed by atoms with Crippen molar-refractivity contribution in [3.05, 3.63) is 40.6 Å². The van der Waals surface area contributed by atoms with Gasteiger partial charge < -0.3 is 9.26 Å². The van der Waals surface area contributed by atoms with E-state index in [2.05, 4.69) is 12.1 Å². The van der Waals surface area contributed by atoms with Gasteiger partial charge in [0.05, 0.1) is 12.5 Å². The molecule has 5 heteroatoms. The highest BCUT2D eigenvalue weighted by Gasteiger charge is 2.62. The van der Waals surface area contributed by atoms with Crippen molar-refractivity contribution in [3.8, 4) is 11.3 Å². The van der Waals surface area contributed by atoms with Gasteiger partial charge in [-0.2, -0.15) is 0 Å². The smallest absolute Gasteiger partial charge is 0.309 e. The van der Waals surface area contributed by atoms with Crippen LogP contribution in [0.3, 0.4) is 0 Å². The van der Waals surface area contributed by atoms with E-state index < -0.39 is 0 Å². The van der Waals surface area contributed by atoms with Crippen LogP contribution in [0.15, 0.2) is 28.8 Å². The van der Waals surface area contributed by atoms with Crippen LogP contribution >= 0.6 is 11.6 Å². The molecule has 1 heterocycles. The molecule has 1 aromatic carbocycles. The van der Waals surface area contributed by atoms with E-state index in [1.54, 1.807) is 0 Å². The zero-order valence-electron chi connectivity index (χ0n) is 13.1. The molecule has 0 amide bonds. The Morgan fingerprint density at radius 1 is 1.39 bits per heavy atom. The van der Waals surface area contributed by atoms with Gasteiger partial charge in [-0.3, -0.25) is 4.79 Å². The van der Waals surface area contributed by atoms with Gasteiger partial charge in [0.15, 0.2) is 0 Å². The van der Waals surface area contributed by atoms with Crippen molar-refractivity contribution in [3.63, 3.8) is 0 Å². The second-order valence-corrected chi connectivity index (χ2v) is 6.86. The van der Waals surface area contributed by atoms with Crippen LogP contribution in [0, 0.1) is 11.8 Å². The highest BCUT2D eigenvalue weighted by atomic mass is 35.5. The molecule has 0 spiro atoms. The number of halogens is 1. The number of benzene rings is 1. The predicted octanol–water partition coefficient (Wildman–Crippen LogP) is 4.39. The van der Waals surface area contributed by atoms with E-state index >= 15 is 0 Å². The topological polar surface area (TPSA) is 52.3 Å². The van der Waals surface area contributed by atoms with Gasteiger partial charge >= 0.3 is 5.97 Å². The van der Waals surface area contributed by atoms with Gasteiger partial charge in [-0.25, -0.2) is 0 Å². The number of hydrogen-bond donors (Lipinski definition) is 0. The van der Waals surface area contributed by atoms with Crippen LogP contribution in [-0.2, 0) is 9.53 Å². The zero-order chi connectivity index (χ0) is 16.1. The van der Waals surface area contributed by atoms with Crippen molar-refractivity contribution in [1.29, 1.82) is 0 Å². The predicted molar refractivity (Wildman–Crippen MR) is 86.3 cm³/mol. The first-order chi connectivity index (χ1) is 11.1. The quantitative estimate of drug-likeness (QED) is 0.782. The molecule has 0 bridgehead atoms. The summed E-state index contributed by atoms with van der Waals surface area (Å²) in [6.07, 6.45) is 0.975. The van der Waals surface area contributed by atoms with E-state index in [0.29, 0.717) is 23.5 Å². The Labute approximate surface area is 139 Å². The molecule has 0 N–H and O–H groups in total. The minimum Gasteiger partial charge on any atom is -0.466 e. The molecule has 4 unspecified atom stereocenters. The SMILES string of the molecule is CCOC(=O)C1C2CC(C)c3c(-c4ccc(Cl)cc4)noc3C21. The van der Waals surface area contributed by atoms with Crippen molar-refractivity contribution in [1.82, 2.24) is 5.16 Å². The second-order valence-electron chi connectivity index (χ2n) is 6.42. The summed E-state index contributed by atoms with van der Waals surface area (Å²) in [5, 5.41) is 4.99. The highest BCUT2D eigenvalue weighted by molar-refractivity contribution is 6.30. The van der Waals surface area contributed by atoms with Gasteiger partial charge in [-0.15, -0.1) is 0 Å². The monoisotopic (exact) mass is 331 g/mol. The van der Waals surface area contributed by atoms with Crippen LogP contribution in [0.1, 0.15) is 43.4 Å². The molecular weight excluding hydrogens is 314 g/mol. The van der Waals surface area contributed by atoms with Crippen LogP contribution in [0.25, 0.3) is 11.3 Å². The summed E-state index contributed by atoms with van der Waals surface area (Å²) in [7, 11) is 0. The molecule has 2 aromatic rings. The summed E-state index contributed by atoms with van der Waals surface area (Å²) in [4.78, 5) is 12.1. The van der Waals surface area contributed by atoms with Gasteiger partial charge in [-0.05, 0) is 37.3 Å². The normalized spacial score (nSPS) is 28.0. The number of hydrogen-bond acceptors (Lipinski definition) is 4. The molecule has 0 saturated heterocycles. The Morgan fingerprint density at radius 3 is 2.83 bits per heavy atom. The summed E-state index contributed by atoms with van der Waals surface area (Å²) in [5.41, 5.74) is 3.01. The number of esters is 1. The van der Waals surface area contributed by atoms with Crippen LogP contribution in [0.5, 0.6) is 0 Å². The van der Waals surface area contributed by atoms with Crippen molar-refractivity contribution in [2.75, 3.05) is 6.61 Å². The summed E-state index contributed by atoms with van der Waals surface area (Å²) in [5.74, 6) is 1.49. The third kappa shape index (κ3) is 2.27. The molecule has 4 rings (SSSR count). The number of fused-ring (bicyclic) bond motifs is 3. The van der Waals surface area contributed by atoms with Crippen LogP contribution in [-0.4, -0.2) is 17.7 Å². The third-order valence-electron chi connectivity index (χ3n) is 5.02. The molecule has 120 valence electrons. The number of ether oxygens (including phenoxy) is 1. The fraction of sp³-hybridized carbons (Fsp3) is 0.444. The molecular formula is C18H18ClNO3. The van der Waals surface area contributed by atoms with E-state index in [9.17, 15) is 4.79 Å². The first kappa shape index (κ1) is 14.8. The molecule has 1 aromatic heterocycles. The highest BCUT2D eigenvalue weighted by Crippen LogP contribution is 2.64. The third-order valence-corrected chi connectivity index (χ3v) is 5.27. The number of rotatable bonds is 3. The lowest BCUT2D eigenvalue weighted by molar-refractivity contribution is -0.145. The molecule has 0 radical (unpaired) electrons. The second kappa shape index (κ2) is 5.38. The molecule has 2 aliphatic carbocycles. The summed E-state index contributed by atoms with van der Waals surface area (Å²) < 4.78 is 10.9. The molecule has 4 nitrogen and oxygen atoms in total. The number of carbonyl (C=O) groups is 1. The fourth-order valence-electron chi connectivity index (χ4n) is 3.95. The minimum absolute atomic E-state index is 0.0651. The summed E-state index contributed by atoms with van der Waals surface area (Å²) in [6, 6.07) is 7.61. The van der Waals surface area contributed by atoms with Gasteiger partial charge in [-0.1, -0.05) is 35.8 Å². The van der Waals surface area contributed by atoms with E-state index in [-0.39, 0.29) is 17.8 Å². The molecule has 1 saturated carbocycles. The summed E-state index contributed by atoms with van der Waals surface area (Å²) in [6.45, 7) is 4.43. The van der Waals surface area contributed by atoms with Gasteiger partial charge in [0.2, 0.25) is 0 Å². The Bertz CT molecular complexity index is 752. The Morgan fingerprint density at radius 2 is 2.13 bits per heavy atom. The lowest BCUT2D eigenvalue weighted by Gasteiger charge is -2.16. The first-order valence-corrected chi connectivity index (χ1v) is 8.41. The lowest BCUT2D eigenvalue weighted by atomic mass is 9.86. The minimum atomic E-state index is -0.105. The van der Waals surface area contributed by atoms with Crippen LogP contribution in [0.4, 0.5) is 0 Å². The standard InChI is InChI=1S/C18H18ClNO3/c1-3-22-18(21)15-12-8-9(2)13-16(20-23-17(13)14(12)15)10-4-6-11(19)7-5-10/h4-7,9,12,14-15H,3,8H2,1-2H3.